The van der Waals surface area contributed by atoms with Gasteiger partial charge in [-0.25, -0.2) is 0 Å². The Bertz CT molecular complexity index is 1350. The lowest BCUT2D eigenvalue weighted by Gasteiger charge is -2.29. The molecule has 0 radical (unpaired) electrons. The first kappa shape index (κ1) is 22.7. The van der Waals surface area contributed by atoms with Gasteiger partial charge in [0.1, 0.15) is 5.75 Å². The topological polar surface area (TPSA) is 89.5 Å². The number of nitrogens with zero attached hydrogens (tertiary/aromatic N) is 4. The zero-order valence-electron chi connectivity index (χ0n) is 19.8. The number of hydrogen-bond acceptors (Lipinski definition) is 7. The van der Waals surface area contributed by atoms with Crippen LogP contribution in [-0.4, -0.2) is 54.5 Å². The molecule has 0 bridgehead atoms. The lowest BCUT2D eigenvalue weighted by Crippen LogP contribution is -2.39. The third kappa shape index (κ3) is 4.93. The Morgan fingerprint density at radius 1 is 1.03 bits per heavy atom. The van der Waals surface area contributed by atoms with Crippen molar-refractivity contribution in [2.75, 3.05) is 38.3 Å². The molecule has 5 rings (SSSR count). The van der Waals surface area contributed by atoms with Crippen LogP contribution in [0.4, 0.5) is 5.82 Å². The van der Waals surface area contributed by atoms with Crippen molar-refractivity contribution in [3.05, 3.63) is 78.1 Å². The number of carbonyl (C=O) groups is 1. The summed E-state index contributed by atoms with van der Waals surface area (Å²) in [6.07, 6.45) is 3.30. The van der Waals surface area contributed by atoms with Gasteiger partial charge in [-0.1, -0.05) is 36.4 Å². The molecule has 8 heteroatoms. The summed E-state index contributed by atoms with van der Waals surface area (Å²) in [5.41, 5.74) is 2.77. The maximum Gasteiger partial charge on any atom is 0.255 e. The minimum atomic E-state index is -0.209. The SMILES string of the molecule is COc1cncc(-c2cc(C(=O)NC(C)c3ccc4ccccc4c3)c(N3CCOCC3)nn2)c1. The number of amides is 1. The Labute approximate surface area is 203 Å². The normalized spacial score (nSPS) is 14.5. The highest BCUT2D eigenvalue weighted by atomic mass is 16.5. The van der Waals surface area contributed by atoms with Gasteiger partial charge in [-0.2, -0.15) is 0 Å². The summed E-state index contributed by atoms with van der Waals surface area (Å²) in [6, 6.07) is 17.8. The van der Waals surface area contributed by atoms with Crippen molar-refractivity contribution in [1.82, 2.24) is 20.5 Å². The quantitative estimate of drug-likeness (QED) is 0.456. The number of rotatable bonds is 6. The first-order valence-corrected chi connectivity index (χ1v) is 11.6. The second-order valence-corrected chi connectivity index (χ2v) is 8.48. The maximum absolute atomic E-state index is 13.6. The second kappa shape index (κ2) is 10.1. The molecule has 1 fully saturated rings. The van der Waals surface area contributed by atoms with Crippen LogP contribution in [0.2, 0.25) is 0 Å². The van der Waals surface area contributed by atoms with E-state index in [4.69, 9.17) is 9.47 Å². The number of ether oxygens (including phenoxy) is 2. The first-order valence-electron chi connectivity index (χ1n) is 11.6. The molecule has 1 N–H and O–H groups in total. The summed E-state index contributed by atoms with van der Waals surface area (Å²) in [4.78, 5) is 19.8. The molecule has 178 valence electrons. The smallest absolute Gasteiger partial charge is 0.255 e. The summed E-state index contributed by atoms with van der Waals surface area (Å²) < 4.78 is 10.8. The van der Waals surface area contributed by atoms with Crippen molar-refractivity contribution >= 4 is 22.5 Å². The van der Waals surface area contributed by atoms with Crippen LogP contribution in [0.5, 0.6) is 5.75 Å². The Hall–Kier alpha value is -4.04. The fraction of sp³-hybridized carbons (Fsp3) is 0.259. The van der Waals surface area contributed by atoms with Gasteiger partial charge < -0.3 is 19.7 Å². The number of fused-ring (bicyclic) bond motifs is 1. The van der Waals surface area contributed by atoms with Crippen LogP contribution >= 0.6 is 0 Å². The van der Waals surface area contributed by atoms with Gasteiger partial charge in [0.05, 0.1) is 43.8 Å². The fourth-order valence-electron chi connectivity index (χ4n) is 4.21. The highest BCUT2D eigenvalue weighted by molar-refractivity contribution is 6.00. The molecule has 35 heavy (non-hydrogen) atoms. The second-order valence-electron chi connectivity index (χ2n) is 8.48. The van der Waals surface area contributed by atoms with Gasteiger partial charge in [0.2, 0.25) is 0 Å². The molecule has 8 nitrogen and oxygen atoms in total. The van der Waals surface area contributed by atoms with Crippen molar-refractivity contribution in [1.29, 1.82) is 0 Å². The van der Waals surface area contributed by atoms with Crippen LogP contribution < -0.4 is 15.0 Å². The first-order chi connectivity index (χ1) is 17.1. The van der Waals surface area contributed by atoms with E-state index in [0.717, 1.165) is 16.5 Å². The summed E-state index contributed by atoms with van der Waals surface area (Å²) in [7, 11) is 1.58. The minimum Gasteiger partial charge on any atom is -0.495 e. The number of pyridine rings is 1. The van der Waals surface area contributed by atoms with Crippen LogP contribution in [0, 0.1) is 0 Å². The van der Waals surface area contributed by atoms with Crippen molar-refractivity contribution in [3.63, 3.8) is 0 Å². The molecular formula is C27H27N5O3. The molecule has 1 unspecified atom stereocenters. The molecule has 2 aromatic carbocycles. The highest BCUT2D eigenvalue weighted by Crippen LogP contribution is 2.27. The lowest BCUT2D eigenvalue weighted by atomic mass is 10.0. The molecule has 2 aromatic heterocycles. The van der Waals surface area contributed by atoms with Crippen LogP contribution in [0.15, 0.2) is 67.0 Å². The van der Waals surface area contributed by atoms with E-state index in [1.807, 2.05) is 36.1 Å². The van der Waals surface area contributed by atoms with E-state index in [2.05, 4.69) is 44.8 Å². The number of nitrogens with one attached hydrogen (secondary N) is 1. The third-order valence-corrected chi connectivity index (χ3v) is 6.20. The number of morpholine rings is 1. The predicted octanol–water partition coefficient (Wildman–Crippen LogP) is 4.03. The van der Waals surface area contributed by atoms with E-state index in [0.29, 0.717) is 49.1 Å². The summed E-state index contributed by atoms with van der Waals surface area (Å²) in [6.45, 7) is 4.44. The summed E-state index contributed by atoms with van der Waals surface area (Å²) in [5.74, 6) is 0.952. The molecule has 1 aliphatic rings. The monoisotopic (exact) mass is 469 g/mol. The van der Waals surface area contributed by atoms with Gasteiger partial charge in [0.25, 0.3) is 5.91 Å². The molecule has 0 saturated carbocycles. The van der Waals surface area contributed by atoms with Crippen LogP contribution in [-0.2, 0) is 4.74 Å². The number of benzene rings is 2. The molecule has 1 aliphatic heterocycles. The van der Waals surface area contributed by atoms with Gasteiger partial charge in [0.15, 0.2) is 5.82 Å². The highest BCUT2D eigenvalue weighted by Gasteiger charge is 2.23. The maximum atomic E-state index is 13.6. The van der Waals surface area contributed by atoms with Crippen molar-refractivity contribution in [3.8, 4) is 17.0 Å². The number of carbonyl (C=O) groups excluding carboxylic acids is 1. The Morgan fingerprint density at radius 2 is 1.83 bits per heavy atom. The zero-order valence-corrected chi connectivity index (χ0v) is 19.8. The largest absolute Gasteiger partial charge is 0.495 e. The van der Waals surface area contributed by atoms with Crippen LogP contribution in [0.3, 0.4) is 0 Å². The van der Waals surface area contributed by atoms with E-state index >= 15 is 0 Å². The zero-order chi connectivity index (χ0) is 24.2. The third-order valence-electron chi connectivity index (χ3n) is 6.20. The van der Waals surface area contributed by atoms with E-state index in [1.54, 1.807) is 25.6 Å². The molecule has 0 spiro atoms. The Balaban J connectivity index is 1.47. The van der Waals surface area contributed by atoms with Gasteiger partial charge in [0, 0.05) is 24.8 Å². The van der Waals surface area contributed by atoms with Gasteiger partial charge >= 0.3 is 0 Å². The van der Waals surface area contributed by atoms with Crippen molar-refractivity contribution in [2.45, 2.75) is 13.0 Å². The number of hydrogen-bond donors (Lipinski definition) is 1. The van der Waals surface area contributed by atoms with Crippen molar-refractivity contribution < 1.29 is 14.3 Å². The van der Waals surface area contributed by atoms with Gasteiger partial charge in [-0.15, -0.1) is 10.2 Å². The number of anilines is 1. The van der Waals surface area contributed by atoms with Crippen molar-refractivity contribution in [2.24, 2.45) is 0 Å². The van der Waals surface area contributed by atoms with E-state index < -0.39 is 0 Å². The molecular weight excluding hydrogens is 442 g/mol. The fourth-order valence-corrected chi connectivity index (χ4v) is 4.21. The molecule has 4 aromatic rings. The number of methoxy groups -OCH3 is 1. The average Bonchev–Trinajstić information content (AvgIpc) is 2.93. The average molecular weight is 470 g/mol. The molecule has 0 aliphatic carbocycles. The lowest BCUT2D eigenvalue weighted by molar-refractivity contribution is 0.0937. The van der Waals surface area contributed by atoms with Crippen LogP contribution in [0.25, 0.3) is 22.0 Å². The molecule has 3 heterocycles. The summed E-state index contributed by atoms with van der Waals surface area (Å²) in [5, 5.41) is 14.3. The molecule has 1 saturated heterocycles. The molecule has 1 amide bonds. The minimum absolute atomic E-state index is 0.195. The van der Waals surface area contributed by atoms with Crippen LogP contribution in [0.1, 0.15) is 28.9 Å². The van der Waals surface area contributed by atoms with Gasteiger partial charge in [-0.05, 0) is 41.5 Å². The standard InChI is InChI=1S/C27H27N5O3/c1-18(20-8-7-19-5-3-4-6-21(19)13-20)29-27(33)24-15-25(22-14-23(34-2)17-28-16-22)30-31-26(24)32-9-11-35-12-10-32/h3-8,13-18H,9-12H2,1-2H3,(H,29,33). The number of aromatic nitrogens is 3. The van der Waals surface area contributed by atoms with E-state index in [9.17, 15) is 4.79 Å². The Morgan fingerprint density at radius 3 is 2.63 bits per heavy atom. The molecule has 1 atom stereocenters. The van der Waals surface area contributed by atoms with E-state index in [-0.39, 0.29) is 11.9 Å². The summed E-state index contributed by atoms with van der Waals surface area (Å²) >= 11 is 0. The predicted molar refractivity (Wildman–Crippen MR) is 135 cm³/mol. The Kier molecular flexibility index (Phi) is 6.54. The van der Waals surface area contributed by atoms with Gasteiger partial charge in [-0.3, -0.25) is 9.78 Å². The van der Waals surface area contributed by atoms with E-state index in [1.165, 1.54) is 5.39 Å².